The molecule has 0 bridgehead atoms. The number of carboxylic acids is 1. The van der Waals surface area contributed by atoms with E-state index < -0.39 is 21.1 Å². The minimum absolute atomic E-state index is 0.0718. The van der Waals surface area contributed by atoms with Crippen LogP contribution in [0.4, 0.5) is 0 Å². The second-order valence-electron chi connectivity index (χ2n) is 3.94. The lowest BCUT2D eigenvalue weighted by Crippen LogP contribution is -2.21. The van der Waals surface area contributed by atoms with Gasteiger partial charge in [-0.3, -0.25) is 4.79 Å². The molecule has 1 aromatic heterocycles. The molecule has 1 atom stereocenters. The quantitative estimate of drug-likeness (QED) is 0.814. The first-order chi connectivity index (χ1) is 8.49. The molecule has 0 radical (unpaired) electrons. The molecule has 0 amide bonds. The lowest BCUT2D eigenvalue weighted by atomic mass is 10.2. The van der Waals surface area contributed by atoms with Crippen molar-refractivity contribution in [1.82, 2.24) is 10.2 Å². The normalized spacial score (nSPS) is 22.8. The van der Waals surface area contributed by atoms with Gasteiger partial charge in [0.05, 0.1) is 5.75 Å². The summed E-state index contributed by atoms with van der Waals surface area (Å²) in [6.07, 6.45) is 1.95. The highest BCUT2D eigenvalue weighted by atomic mass is 32.2. The van der Waals surface area contributed by atoms with E-state index >= 15 is 0 Å². The van der Waals surface area contributed by atoms with Gasteiger partial charge in [0.15, 0.2) is 9.84 Å². The van der Waals surface area contributed by atoms with Crippen LogP contribution in [0.3, 0.4) is 0 Å². The summed E-state index contributed by atoms with van der Waals surface area (Å²) in [6.45, 7) is 0. The van der Waals surface area contributed by atoms with Gasteiger partial charge < -0.3 is 9.52 Å². The van der Waals surface area contributed by atoms with Gasteiger partial charge in [0.1, 0.15) is 11.0 Å². The molecule has 0 spiro atoms. The number of rotatable bonds is 4. The number of sulfone groups is 1. The number of aliphatic carboxylic acids is 1. The smallest absolute Gasteiger partial charge is 0.314 e. The number of hydrogen-bond donors (Lipinski definition) is 1. The maximum Gasteiger partial charge on any atom is 0.314 e. The van der Waals surface area contributed by atoms with Gasteiger partial charge in [-0.05, 0) is 12.8 Å². The number of carbonyl (C=O) groups is 1. The predicted octanol–water partition coefficient (Wildman–Crippen LogP) is 0.886. The van der Waals surface area contributed by atoms with Crippen molar-refractivity contribution in [2.24, 2.45) is 0 Å². The van der Waals surface area contributed by atoms with Crippen LogP contribution < -0.4 is 0 Å². The summed E-state index contributed by atoms with van der Waals surface area (Å²) in [4.78, 5) is 10.4. The molecule has 1 aliphatic rings. The maximum atomic E-state index is 11.8. The fourth-order valence-corrected chi connectivity index (χ4v) is 4.07. The van der Waals surface area contributed by atoms with Gasteiger partial charge in [0.25, 0.3) is 5.22 Å². The Morgan fingerprint density at radius 2 is 2.22 bits per heavy atom. The van der Waals surface area contributed by atoms with Gasteiger partial charge in [0, 0.05) is 0 Å². The number of thioether (sulfide) groups is 1. The zero-order chi connectivity index (χ0) is 13.2. The summed E-state index contributed by atoms with van der Waals surface area (Å²) in [6, 6.07) is 0. The van der Waals surface area contributed by atoms with Crippen molar-refractivity contribution in [2.45, 2.75) is 29.7 Å². The third kappa shape index (κ3) is 3.02. The number of carboxylic acid groups (broad SMARTS) is 1. The highest BCUT2D eigenvalue weighted by Crippen LogP contribution is 2.33. The fraction of sp³-hybridized carbons (Fsp3) is 0.667. The van der Waals surface area contributed by atoms with Gasteiger partial charge in [0.2, 0.25) is 5.89 Å². The summed E-state index contributed by atoms with van der Waals surface area (Å²) < 4.78 is 28.9. The Kier molecular flexibility index (Phi) is 3.91. The van der Waals surface area contributed by atoms with Crippen LogP contribution in [0.5, 0.6) is 0 Å². The second-order valence-corrected chi connectivity index (χ2v) is 7.17. The van der Waals surface area contributed by atoms with Crippen molar-refractivity contribution in [1.29, 1.82) is 0 Å². The molecular weight excluding hydrogens is 280 g/mol. The van der Waals surface area contributed by atoms with E-state index in [1.54, 1.807) is 0 Å². The van der Waals surface area contributed by atoms with Crippen LogP contribution in [0.15, 0.2) is 9.64 Å². The Morgan fingerprint density at radius 1 is 1.44 bits per heavy atom. The lowest BCUT2D eigenvalue weighted by Gasteiger charge is -2.18. The van der Waals surface area contributed by atoms with Crippen LogP contribution in [0.1, 0.15) is 30.4 Å². The van der Waals surface area contributed by atoms with Crippen LogP contribution in [0.25, 0.3) is 0 Å². The number of nitrogens with zero attached hydrogens (tertiary/aromatic N) is 2. The van der Waals surface area contributed by atoms with Crippen molar-refractivity contribution >= 4 is 27.6 Å². The molecule has 0 aliphatic carbocycles. The molecule has 1 saturated heterocycles. The molecule has 2 rings (SSSR count). The first-order valence-corrected chi connectivity index (χ1v) is 8.09. The largest absolute Gasteiger partial charge is 0.481 e. The average Bonchev–Trinajstić information content (AvgIpc) is 2.74. The van der Waals surface area contributed by atoms with E-state index in [0.29, 0.717) is 12.8 Å². The topological polar surface area (TPSA) is 110 Å². The Hall–Kier alpha value is -1.09. The standard InChI is InChI=1S/C9H12N2O5S2/c12-7(13)5-17-9-11-10-8(16-9)6-3-1-2-4-18(6,14)15/h6H,1-5H2,(H,12,13). The third-order valence-electron chi connectivity index (χ3n) is 2.60. The zero-order valence-corrected chi connectivity index (χ0v) is 11.0. The first-order valence-electron chi connectivity index (χ1n) is 5.38. The molecule has 1 N–H and O–H groups in total. The lowest BCUT2D eigenvalue weighted by molar-refractivity contribution is -0.133. The summed E-state index contributed by atoms with van der Waals surface area (Å²) in [5.74, 6) is -0.982. The van der Waals surface area contributed by atoms with Crippen molar-refractivity contribution in [2.75, 3.05) is 11.5 Å². The highest BCUT2D eigenvalue weighted by Gasteiger charge is 2.34. The van der Waals surface area contributed by atoms with Crippen molar-refractivity contribution in [3.63, 3.8) is 0 Å². The van der Waals surface area contributed by atoms with E-state index in [1.165, 1.54) is 0 Å². The Balaban J connectivity index is 2.11. The maximum absolute atomic E-state index is 11.8. The summed E-state index contributed by atoms with van der Waals surface area (Å²) in [7, 11) is -3.22. The summed E-state index contributed by atoms with van der Waals surface area (Å²) in [5, 5.41) is 15.2. The first kappa shape index (κ1) is 13.3. The third-order valence-corrected chi connectivity index (χ3v) is 5.56. The van der Waals surface area contributed by atoms with Gasteiger partial charge in [-0.15, -0.1) is 10.2 Å². The van der Waals surface area contributed by atoms with Crippen molar-refractivity contribution < 1.29 is 22.7 Å². The number of aromatic nitrogens is 2. The van der Waals surface area contributed by atoms with E-state index in [4.69, 9.17) is 9.52 Å². The highest BCUT2D eigenvalue weighted by molar-refractivity contribution is 7.99. The van der Waals surface area contributed by atoms with E-state index in [9.17, 15) is 13.2 Å². The monoisotopic (exact) mass is 292 g/mol. The second kappa shape index (κ2) is 5.27. The van der Waals surface area contributed by atoms with E-state index in [2.05, 4.69) is 10.2 Å². The van der Waals surface area contributed by atoms with E-state index in [0.717, 1.165) is 18.2 Å². The minimum Gasteiger partial charge on any atom is -0.481 e. The van der Waals surface area contributed by atoms with Gasteiger partial charge in [-0.25, -0.2) is 8.42 Å². The van der Waals surface area contributed by atoms with Gasteiger partial charge >= 0.3 is 5.97 Å². The van der Waals surface area contributed by atoms with E-state index in [-0.39, 0.29) is 22.6 Å². The molecule has 18 heavy (non-hydrogen) atoms. The molecular formula is C9H12N2O5S2. The van der Waals surface area contributed by atoms with E-state index in [1.807, 2.05) is 0 Å². The molecule has 1 unspecified atom stereocenters. The molecule has 7 nitrogen and oxygen atoms in total. The summed E-state index contributed by atoms with van der Waals surface area (Å²) >= 11 is 0.879. The Morgan fingerprint density at radius 3 is 2.89 bits per heavy atom. The predicted molar refractivity (Wildman–Crippen MR) is 63.0 cm³/mol. The van der Waals surface area contributed by atoms with Crippen molar-refractivity contribution in [3.8, 4) is 0 Å². The van der Waals surface area contributed by atoms with Crippen LogP contribution >= 0.6 is 11.8 Å². The average molecular weight is 292 g/mol. The molecule has 0 aromatic carbocycles. The van der Waals surface area contributed by atoms with Crippen molar-refractivity contribution in [3.05, 3.63) is 5.89 Å². The Labute approximate surface area is 108 Å². The number of hydrogen-bond acceptors (Lipinski definition) is 7. The molecule has 2 heterocycles. The van der Waals surface area contributed by atoms with Gasteiger partial charge in [-0.2, -0.15) is 0 Å². The Bertz CT molecular complexity index is 539. The zero-order valence-electron chi connectivity index (χ0n) is 9.40. The van der Waals surface area contributed by atoms with Crippen LogP contribution in [0, 0.1) is 0 Å². The van der Waals surface area contributed by atoms with Gasteiger partial charge in [-0.1, -0.05) is 18.2 Å². The van der Waals surface area contributed by atoms with Crippen LogP contribution in [-0.2, 0) is 14.6 Å². The molecule has 100 valence electrons. The molecule has 1 aliphatic heterocycles. The molecule has 0 saturated carbocycles. The molecule has 1 aromatic rings. The summed E-state index contributed by atoms with van der Waals surface area (Å²) in [5.41, 5.74) is 0. The SMILES string of the molecule is O=C(O)CSc1nnc(C2CCCCS2(=O)=O)o1. The molecule has 9 heteroatoms. The fourth-order valence-electron chi connectivity index (χ4n) is 1.76. The van der Waals surface area contributed by atoms with Crippen LogP contribution in [0.2, 0.25) is 0 Å². The molecule has 1 fully saturated rings. The van der Waals surface area contributed by atoms with Crippen LogP contribution in [-0.4, -0.2) is 41.2 Å². The minimum atomic E-state index is -3.22.